The number of ketones is 2. The third-order valence-corrected chi connectivity index (χ3v) is 9.49. The van der Waals surface area contributed by atoms with Crippen LogP contribution in [0.15, 0.2) is 34.8 Å². The smallest absolute Gasteiger partial charge is 0.255 e. The van der Waals surface area contributed by atoms with E-state index in [1.54, 1.807) is 13.0 Å². The minimum atomic E-state index is -2.91. The Balaban J connectivity index is 1.76. The number of hydrogen-bond acceptors (Lipinski definition) is 9. The van der Waals surface area contributed by atoms with Crippen LogP contribution in [0.2, 0.25) is 0 Å². The number of rotatable bonds is 3. The van der Waals surface area contributed by atoms with Crippen LogP contribution in [0.25, 0.3) is 0 Å². The monoisotopic (exact) mass is 526 g/mol. The summed E-state index contributed by atoms with van der Waals surface area (Å²) < 4.78 is 0. The highest BCUT2D eigenvalue weighted by molar-refractivity contribution is 6.25. The van der Waals surface area contributed by atoms with Crippen LogP contribution < -0.4 is 5.73 Å². The molecule has 0 saturated heterocycles. The van der Waals surface area contributed by atoms with E-state index in [1.165, 1.54) is 19.0 Å². The molecule has 0 aliphatic heterocycles. The Hall–Kier alpha value is -3.21. The van der Waals surface area contributed by atoms with Gasteiger partial charge < -0.3 is 31.3 Å². The minimum Gasteiger partial charge on any atom is -0.510 e. The largest absolute Gasteiger partial charge is 0.510 e. The summed E-state index contributed by atoms with van der Waals surface area (Å²) in [5.74, 6) is -8.65. The number of hydrogen-bond donors (Lipinski definition) is 6. The van der Waals surface area contributed by atoms with Crippen molar-refractivity contribution >= 4 is 17.5 Å². The highest BCUT2D eigenvalue weighted by Gasteiger charge is 2.67. The number of likely N-dealkylation sites (N-methyl/N-ethyl adjacent to an activating group) is 1. The van der Waals surface area contributed by atoms with E-state index in [0.717, 1.165) is 25.7 Å². The summed E-state index contributed by atoms with van der Waals surface area (Å²) in [4.78, 5) is 41.0. The molecule has 4 aliphatic carbocycles. The maximum Gasteiger partial charge on any atom is 0.255 e. The number of phenolic OH excluding ortho intramolecular Hbond substituents is 1. The summed E-state index contributed by atoms with van der Waals surface area (Å²) in [5.41, 5.74) is 1.88. The van der Waals surface area contributed by atoms with Crippen molar-refractivity contribution in [1.82, 2.24) is 4.90 Å². The van der Waals surface area contributed by atoms with Crippen molar-refractivity contribution in [3.05, 3.63) is 51.5 Å². The summed E-state index contributed by atoms with van der Waals surface area (Å²) in [6.07, 6.45) is 2.06. The number of Topliss-reactive ketones (excluding diaryl/α,β-unsaturated/α-hetero) is 2. The Bertz CT molecular complexity index is 1340. The standard InChI is InChI=1S/C28H34N2O8/c1-11-12-7-8-13(27(2)9-5-6-10-27)20(31)15(12)21(32)16-14(11)22(33)18-19(30(3)4)23(34)17(26(29)37)25(36)28(18,38)24(16)35/h7-8,11,14,18-19,22,31,33-35,38H,5-6,9-10H2,1-4H3,(H2,29,37)/t11-,14+,18+,19-,22+,28+/m1/s1. The van der Waals surface area contributed by atoms with Crippen LogP contribution in [-0.2, 0) is 15.0 Å². The first-order valence-electron chi connectivity index (χ1n) is 12.9. The first kappa shape index (κ1) is 26.4. The number of aromatic hydroxyl groups is 1. The molecular weight excluding hydrogens is 492 g/mol. The van der Waals surface area contributed by atoms with Gasteiger partial charge in [-0.05, 0) is 43.8 Å². The second-order valence-corrected chi connectivity index (χ2v) is 11.7. The Morgan fingerprint density at radius 3 is 2.26 bits per heavy atom. The van der Waals surface area contributed by atoms with E-state index in [4.69, 9.17) is 5.73 Å². The van der Waals surface area contributed by atoms with Crippen molar-refractivity contribution in [3.8, 4) is 5.75 Å². The molecule has 38 heavy (non-hydrogen) atoms. The van der Waals surface area contributed by atoms with Crippen LogP contribution in [0.4, 0.5) is 0 Å². The number of aliphatic hydroxyl groups is 4. The van der Waals surface area contributed by atoms with Gasteiger partial charge in [-0.2, -0.15) is 0 Å². The average molecular weight is 527 g/mol. The molecule has 1 fully saturated rings. The first-order valence-corrected chi connectivity index (χ1v) is 12.9. The Morgan fingerprint density at radius 1 is 1.11 bits per heavy atom. The number of nitrogens with two attached hydrogens (primary N) is 1. The van der Waals surface area contributed by atoms with Crippen LogP contribution in [0.5, 0.6) is 5.75 Å². The number of benzene rings is 1. The highest BCUT2D eigenvalue weighted by atomic mass is 16.4. The van der Waals surface area contributed by atoms with Crippen molar-refractivity contribution in [1.29, 1.82) is 0 Å². The lowest BCUT2D eigenvalue weighted by Gasteiger charge is -2.53. The van der Waals surface area contributed by atoms with Crippen molar-refractivity contribution < 1.29 is 39.9 Å². The second-order valence-electron chi connectivity index (χ2n) is 11.7. The zero-order valence-corrected chi connectivity index (χ0v) is 21.9. The second kappa shape index (κ2) is 8.39. The predicted molar refractivity (Wildman–Crippen MR) is 136 cm³/mol. The molecule has 1 saturated carbocycles. The third kappa shape index (κ3) is 3.14. The first-order chi connectivity index (χ1) is 17.7. The SMILES string of the molecule is C[C@@H]1c2ccc(C3(C)CCCC3)c(O)c2C(=O)C2=C(O)[C@]3(O)C(=O)C(C(N)=O)=C(O)[C@H](N(C)C)[C@H]3[C@@H](O)[C@H]21. The molecule has 0 bridgehead atoms. The lowest BCUT2D eigenvalue weighted by atomic mass is 9.55. The molecule has 1 amide bonds. The van der Waals surface area contributed by atoms with Gasteiger partial charge in [-0.25, -0.2) is 0 Å². The highest BCUT2D eigenvalue weighted by Crippen LogP contribution is 2.56. The van der Waals surface area contributed by atoms with Gasteiger partial charge in [0.05, 0.1) is 23.6 Å². The average Bonchev–Trinajstić information content (AvgIpc) is 3.28. The molecule has 7 N–H and O–H groups in total. The van der Waals surface area contributed by atoms with Gasteiger partial charge in [0, 0.05) is 17.1 Å². The predicted octanol–water partition coefficient (Wildman–Crippen LogP) is 1.48. The van der Waals surface area contributed by atoms with Gasteiger partial charge in [0.1, 0.15) is 22.8 Å². The number of phenols is 1. The lowest BCUT2D eigenvalue weighted by molar-refractivity contribution is -0.162. The molecule has 0 radical (unpaired) electrons. The van der Waals surface area contributed by atoms with Gasteiger partial charge in [-0.15, -0.1) is 0 Å². The van der Waals surface area contributed by atoms with Gasteiger partial charge >= 0.3 is 0 Å². The fourth-order valence-corrected chi connectivity index (χ4v) is 7.53. The molecule has 1 aromatic rings. The molecule has 0 aromatic heterocycles. The quantitative estimate of drug-likeness (QED) is 0.318. The van der Waals surface area contributed by atoms with Gasteiger partial charge in [0.2, 0.25) is 5.78 Å². The molecule has 0 heterocycles. The lowest BCUT2D eigenvalue weighted by Crippen LogP contribution is -2.68. The molecule has 204 valence electrons. The van der Waals surface area contributed by atoms with Crippen molar-refractivity contribution in [2.24, 2.45) is 17.6 Å². The summed E-state index contributed by atoms with van der Waals surface area (Å²) in [5, 5.41) is 57.2. The molecule has 4 aliphatic rings. The molecule has 10 nitrogen and oxygen atoms in total. The van der Waals surface area contributed by atoms with Crippen molar-refractivity contribution in [3.63, 3.8) is 0 Å². The van der Waals surface area contributed by atoms with E-state index in [9.17, 15) is 39.9 Å². The van der Waals surface area contributed by atoms with Crippen LogP contribution in [-0.4, -0.2) is 79.7 Å². The molecule has 0 spiro atoms. The van der Waals surface area contributed by atoms with E-state index >= 15 is 0 Å². The Labute approximate surface area is 220 Å². The van der Waals surface area contributed by atoms with Gasteiger partial charge in [-0.3, -0.25) is 19.3 Å². The number of carbonyl (C=O) groups is 3. The summed E-state index contributed by atoms with van der Waals surface area (Å²) in [7, 11) is 3.01. The van der Waals surface area contributed by atoms with E-state index in [2.05, 4.69) is 0 Å². The van der Waals surface area contributed by atoms with E-state index < -0.39 is 75.6 Å². The van der Waals surface area contributed by atoms with E-state index in [0.29, 0.717) is 11.1 Å². The molecular formula is C28H34N2O8. The normalized spacial score (nSPS) is 34.3. The zero-order chi connectivity index (χ0) is 28.1. The zero-order valence-electron chi connectivity index (χ0n) is 21.9. The number of nitrogens with zero attached hydrogens (tertiary/aromatic N) is 1. The van der Waals surface area contributed by atoms with E-state index in [-0.39, 0.29) is 16.7 Å². The van der Waals surface area contributed by atoms with E-state index in [1.807, 2.05) is 13.0 Å². The molecule has 5 rings (SSSR count). The van der Waals surface area contributed by atoms with Crippen molar-refractivity contribution in [2.75, 3.05) is 14.1 Å². The summed E-state index contributed by atoms with van der Waals surface area (Å²) in [6.45, 7) is 3.76. The fraction of sp³-hybridized carbons (Fsp3) is 0.536. The maximum atomic E-state index is 14.0. The van der Waals surface area contributed by atoms with Crippen LogP contribution >= 0.6 is 0 Å². The summed E-state index contributed by atoms with van der Waals surface area (Å²) in [6, 6.07) is 2.29. The Morgan fingerprint density at radius 2 is 1.71 bits per heavy atom. The van der Waals surface area contributed by atoms with Crippen LogP contribution in [0, 0.1) is 11.8 Å². The topological polar surface area (TPSA) is 182 Å². The molecule has 10 heteroatoms. The summed E-state index contributed by atoms with van der Waals surface area (Å²) >= 11 is 0. The third-order valence-electron chi connectivity index (χ3n) is 9.49. The fourth-order valence-electron chi connectivity index (χ4n) is 7.53. The Kier molecular flexibility index (Phi) is 5.83. The number of carbonyl (C=O) groups excluding carboxylic acids is 3. The molecule has 0 unspecified atom stereocenters. The number of aliphatic hydroxyl groups excluding tert-OH is 3. The molecule has 1 aromatic carbocycles. The molecule has 6 atom stereocenters. The van der Waals surface area contributed by atoms with Gasteiger partial charge in [0.15, 0.2) is 11.4 Å². The number of fused-ring (bicyclic) bond motifs is 3. The minimum absolute atomic E-state index is 0.0314. The van der Waals surface area contributed by atoms with Gasteiger partial charge in [0.25, 0.3) is 5.91 Å². The van der Waals surface area contributed by atoms with Gasteiger partial charge in [-0.1, -0.05) is 38.8 Å². The van der Waals surface area contributed by atoms with Crippen LogP contribution in [0.1, 0.15) is 66.9 Å². The van der Waals surface area contributed by atoms with Crippen LogP contribution in [0.3, 0.4) is 0 Å². The van der Waals surface area contributed by atoms with Crippen molar-refractivity contribution in [2.45, 2.75) is 68.6 Å². The number of amides is 1. The number of primary amides is 1. The maximum absolute atomic E-state index is 14.0.